The Morgan fingerprint density at radius 2 is 2.12 bits per heavy atom. The Hall–Kier alpha value is -0.550. The van der Waals surface area contributed by atoms with Gasteiger partial charge in [0.25, 0.3) is 0 Å². The molecule has 1 aromatic rings. The second-order valence-electron chi connectivity index (χ2n) is 1.59. The van der Waals surface area contributed by atoms with Gasteiger partial charge in [0.2, 0.25) is 0 Å². The van der Waals surface area contributed by atoms with E-state index in [0.29, 0.717) is 5.75 Å². The highest BCUT2D eigenvalue weighted by molar-refractivity contribution is 7.27. The number of aromatic hydroxyl groups is 1. The molecule has 1 rings (SSSR count). The first-order valence-corrected chi connectivity index (χ1v) is 2.91. The van der Waals surface area contributed by atoms with E-state index in [1.807, 2.05) is 6.07 Å². The smallest absolute Gasteiger partial charge is 0.116 e. The van der Waals surface area contributed by atoms with Crippen molar-refractivity contribution in [2.24, 2.45) is 0 Å². The van der Waals surface area contributed by atoms with Gasteiger partial charge in [-0.15, -0.1) is 9.24 Å². The lowest BCUT2D eigenvalue weighted by Gasteiger charge is -1.89. The van der Waals surface area contributed by atoms with Crippen LogP contribution in [0.2, 0.25) is 0 Å². The topological polar surface area (TPSA) is 20.2 Å². The minimum atomic E-state index is 0.317. The van der Waals surface area contributed by atoms with Crippen molar-refractivity contribution in [3.8, 4) is 5.75 Å². The average molecular weight is 126 g/mol. The highest BCUT2D eigenvalue weighted by Crippen LogP contribution is 2.04. The summed E-state index contributed by atoms with van der Waals surface area (Å²) in [6.07, 6.45) is 0. The molecule has 0 amide bonds. The van der Waals surface area contributed by atoms with Crippen LogP contribution >= 0.6 is 9.24 Å². The Kier molecular flexibility index (Phi) is 1.50. The van der Waals surface area contributed by atoms with Gasteiger partial charge in [0.15, 0.2) is 0 Å². The Labute approximate surface area is 50.6 Å². The van der Waals surface area contributed by atoms with Gasteiger partial charge in [-0.25, -0.2) is 0 Å². The van der Waals surface area contributed by atoms with Crippen molar-refractivity contribution in [2.75, 3.05) is 0 Å². The molecule has 0 aliphatic carbocycles. The first-order chi connectivity index (χ1) is 3.79. The maximum Gasteiger partial charge on any atom is 0.116 e. The minimum Gasteiger partial charge on any atom is -0.508 e. The van der Waals surface area contributed by atoms with Gasteiger partial charge in [-0.05, 0) is 17.4 Å². The molecular formula is C6H7OP. The van der Waals surface area contributed by atoms with E-state index in [-0.39, 0.29) is 0 Å². The zero-order valence-corrected chi connectivity index (χ0v) is 5.49. The van der Waals surface area contributed by atoms with Crippen molar-refractivity contribution in [3.63, 3.8) is 0 Å². The molecule has 1 unspecified atom stereocenters. The highest BCUT2D eigenvalue weighted by Gasteiger charge is 1.83. The first kappa shape index (κ1) is 5.58. The summed E-state index contributed by atoms with van der Waals surface area (Å²) in [6.45, 7) is 0. The van der Waals surface area contributed by atoms with Crippen LogP contribution in [0.1, 0.15) is 0 Å². The summed E-state index contributed by atoms with van der Waals surface area (Å²) in [6, 6.07) is 7.04. The Morgan fingerprint density at radius 1 is 1.38 bits per heavy atom. The van der Waals surface area contributed by atoms with E-state index in [9.17, 15) is 0 Å². The number of phenols is 1. The molecule has 1 aromatic carbocycles. The van der Waals surface area contributed by atoms with E-state index < -0.39 is 0 Å². The second kappa shape index (κ2) is 2.15. The summed E-state index contributed by atoms with van der Waals surface area (Å²) in [5, 5.41) is 9.80. The maximum atomic E-state index is 8.80. The molecule has 1 N–H and O–H groups in total. The molecule has 0 aliphatic rings. The molecule has 0 radical (unpaired) electrons. The Balaban J connectivity index is 3.08. The molecule has 8 heavy (non-hydrogen) atoms. The number of rotatable bonds is 0. The lowest BCUT2D eigenvalue weighted by molar-refractivity contribution is 0.476. The molecule has 0 aliphatic heterocycles. The number of benzene rings is 1. The van der Waals surface area contributed by atoms with Crippen LogP contribution in [-0.4, -0.2) is 5.11 Å². The van der Waals surface area contributed by atoms with Crippen molar-refractivity contribution in [1.29, 1.82) is 0 Å². The molecule has 0 fully saturated rings. The zero-order valence-electron chi connectivity index (χ0n) is 4.33. The van der Waals surface area contributed by atoms with Crippen LogP contribution in [0.15, 0.2) is 24.3 Å². The zero-order chi connectivity index (χ0) is 5.98. The van der Waals surface area contributed by atoms with E-state index in [1.165, 1.54) is 0 Å². The summed E-state index contributed by atoms with van der Waals surface area (Å²) >= 11 is 0. The third kappa shape index (κ3) is 1.21. The number of phenolic OH excluding ortho intramolecular Hbond substituents is 1. The molecule has 1 nitrogen and oxygen atoms in total. The molecule has 2 heteroatoms. The van der Waals surface area contributed by atoms with Crippen molar-refractivity contribution in [1.82, 2.24) is 0 Å². The summed E-state index contributed by atoms with van der Waals surface area (Å²) in [5.74, 6) is 0.317. The van der Waals surface area contributed by atoms with Gasteiger partial charge >= 0.3 is 0 Å². The fraction of sp³-hybridized carbons (Fsp3) is 0. The number of hydrogen-bond acceptors (Lipinski definition) is 1. The fourth-order valence-electron chi connectivity index (χ4n) is 0.525. The lowest BCUT2D eigenvalue weighted by atomic mass is 10.3. The van der Waals surface area contributed by atoms with Crippen LogP contribution < -0.4 is 5.30 Å². The first-order valence-electron chi connectivity index (χ1n) is 2.33. The Bertz CT molecular complexity index is 168. The van der Waals surface area contributed by atoms with E-state index in [4.69, 9.17) is 5.11 Å². The van der Waals surface area contributed by atoms with Gasteiger partial charge in [0.1, 0.15) is 5.75 Å². The third-order valence-electron chi connectivity index (χ3n) is 0.870. The molecule has 0 saturated carbocycles. The van der Waals surface area contributed by atoms with Gasteiger partial charge < -0.3 is 5.11 Å². The fourth-order valence-corrected chi connectivity index (χ4v) is 0.807. The molecule has 42 valence electrons. The van der Waals surface area contributed by atoms with Crippen LogP contribution in [-0.2, 0) is 0 Å². The SMILES string of the molecule is Oc1cccc(P)c1. The van der Waals surface area contributed by atoms with E-state index in [0.717, 1.165) is 5.30 Å². The van der Waals surface area contributed by atoms with E-state index >= 15 is 0 Å². The van der Waals surface area contributed by atoms with Gasteiger partial charge in [-0.1, -0.05) is 12.1 Å². The van der Waals surface area contributed by atoms with Crippen molar-refractivity contribution >= 4 is 14.5 Å². The number of hydrogen-bond donors (Lipinski definition) is 1. The minimum absolute atomic E-state index is 0.317. The summed E-state index contributed by atoms with van der Waals surface area (Å²) < 4.78 is 0. The highest BCUT2D eigenvalue weighted by atomic mass is 31.0. The quantitative estimate of drug-likeness (QED) is 0.512. The second-order valence-corrected chi connectivity index (χ2v) is 2.26. The van der Waals surface area contributed by atoms with Crippen LogP contribution in [0.25, 0.3) is 0 Å². The van der Waals surface area contributed by atoms with Crippen molar-refractivity contribution in [2.45, 2.75) is 0 Å². The van der Waals surface area contributed by atoms with Crippen molar-refractivity contribution in [3.05, 3.63) is 24.3 Å². The summed E-state index contributed by atoms with van der Waals surface area (Å²) in [4.78, 5) is 0. The van der Waals surface area contributed by atoms with Crippen LogP contribution in [0.4, 0.5) is 0 Å². The molecule has 0 bridgehead atoms. The maximum absolute atomic E-state index is 8.80. The molecule has 1 atom stereocenters. The predicted molar refractivity (Wildman–Crippen MR) is 37.5 cm³/mol. The largest absolute Gasteiger partial charge is 0.508 e. The van der Waals surface area contributed by atoms with Gasteiger partial charge in [-0.2, -0.15) is 0 Å². The molecular weight excluding hydrogens is 119 g/mol. The van der Waals surface area contributed by atoms with Crippen LogP contribution in [0, 0.1) is 0 Å². The predicted octanol–water partition coefficient (Wildman–Crippen LogP) is 0.893. The summed E-state index contributed by atoms with van der Waals surface area (Å²) in [7, 11) is 2.50. The van der Waals surface area contributed by atoms with Crippen LogP contribution in [0.3, 0.4) is 0 Å². The van der Waals surface area contributed by atoms with Gasteiger partial charge in [-0.3, -0.25) is 0 Å². The molecule has 0 heterocycles. The average Bonchev–Trinajstić information content (AvgIpc) is 1.64. The summed E-state index contributed by atoms with van der Waals surface area (Å²) in [5.41, 5.74) is 0. The third-order valence-corrected chi connectivity index (χ3v) is 1.23. The molecule has 0 saturated heterocycles. The Morgan fingerprint density at radius 3 is 2.50 bits per heavy atom. The normalized spacial score (nSPS) is 9.12. The monoisotopic (exact) mass is 126 g/mol. The standard InChI is InChI=1S/C6H7OP/c7-5-2-1-3-6(8)4-5/h1-4,7H,8H2. The molecule has 0 aromatic heterocycles. The van der Waals surface area contributed by atoms with Gasteiger partial charge in [0.05, 0.1) is 0 Å². The van der Waals surface area contributed by atoms with Crippen molar-refractivity contribution < 1.29 is 5.11 Å². The van der Waals surface area contributed by atoms with E-state index in [1.54, 1.807) is 18.2 Å². The molecule has 0 spiro atoms. The van der Waals surface area contributed by atoms with Crippen LogP contribution in [0.5, 0.6) is 5.75 Å². The lowest BCUT2D eigenvalue weighted by Crippen LogP contribution is -1.84. The van der Waals surface area contributed by atoms with E-state index in [2.05, 4.69) is 9.24 Å². The van der Waals surface area contributed by atoms with Gasteiger partial charge in [0, 0.05) is 0 Å².